The van der Waals surface area contributed by atoms with E-state index in [9.17, 15) is 19.1 Å². The summed E-state index contributed by atoms with van der Waals surface area (Å²) in [5.74, 6) is -1.58. The zero-order chi connectivity index (χ0) is 22.1. The molecule has 0 bridgehead atoms. The second-order valence-electron chi connectivity index (χ2n) is 7.25. The van der Waals surface area contributed by atoms with Crippen molar-refractivity contribution in [3.8, 4) is 5.75 Å². The van der Waals surface area contributed by atoms with Gasteiger partial charge in [-0.3, -0.25) is 9.59 Å². The van der Waals surface area contributed by atoms with Crippen LogP contribution in [0.4, 0.5) is 4.39 Å². The normalized spacial score (nSPS) is 17.9. The number of likely N-dealkylation sites (tertiary alicyclic amines) is 1. The van der Waals surface area contributed by atoms with Gasteiger partial charge in [0, 0.05) is 5.56 Å². The van der Waals surface area contributed by atoms with Crippen molar-refractivity contribution >= 4 is 17.4 Å². The largest absolute Gasteiger partial charge is 0.507 e. The molecular formula is C24H20FNO5. The van der Waals surface area contributed by atoms with E-state index in [2.05, 4.69) is 0 Å². The molecule has 1 aliphatic rings. The van der Waals surface area contributed by atoms with Gasteiger partial charge < -0.3 is 19.2 Å². The van der Waals surface area contributed by atoms with Crippen LogP contribution in [-0.4, -0.2) is 28.8 Å². The summed E-state index contributed by atoms with van der Waals surface area (Å²) < 4.78 is 24.8. The van der Waals surface area contributed by atoms with Crippen molar-refractivity contribution in [2.75, 3.05) is 7.11 Å². The Morgan fingerprint density at radius 3 is 2.65 bits per heavy atom. The Hall–Kier alpha value is -3.87. The molecule has 0 aliphatic carbocycles. The number of ketones is 1. The molecule has 1 saturated heterocycles. The first kappa shape index (κ1) is 20.4. The molecule has 158 valence electrons. The van der Waals surface area contributed by atoms with E-state index in [4.69, 9.17) is 9.15 Å². The Balaban J connectivity index is 1.89. The van der Waals surface area contributed by atoms with Gasteiger partial charge in [0.05, 0.1) is 31.5 Å². The number of halogens is 1. The maximum absolute atomic E-state index is 14.1. The third kappa shape index (κ3) is 3.70. The van der Waals surface area contributed by atoms with Crippen molar-refractivity contribution in [2.45, 2.75) is 19.5 Å². The number of methoxy groups -OCH3 is 1. The molecule has 1 N–H and O–H groups in total. The number of aryl methyl sites for hydroxylation is 1. The number of ether oxygens (including phenoxy) is 1. The Bertz CT molecular complexity index is 1180. The van der Waals surface area contributed by atoms with Crippen LogP contribution in [0.2, 0.25) is 0 Å². The summed E-state index contributed by atoms with van der Waals surface area (Å²) in [6, 6.07) is 13.5. The highest BCUT2D eigenvalue weighted by molar-refractivity contribution is 6.46. The van der Waals surface area contributed by atoms with E-state index >= 15 is 0 Å². The van der Waals surface area contributed by atoms with Gasteiger partial charge in [0.1, 0.15) is 23.1 Å². The molecule has 1 unspecified atom stereocenters. The van der Waals surface area contributed by atoms with Crippen LogP contribution in [0.1, 0.15) is 28.5 Å². The van der Waals surface area contributed by atoms with Crippen molar-refractivity contribution in [3.63, 3.8) is 0 Å². The van der Waals surface area contributed by atoms with Gasteiger partial charge in [0.15, 0.2) is 0 Å². The molecular weight excluding hydrogens is 401 g/mol. The van der Waals surface area contributed by atoms with Gasteiger partial charge in [-0.25, -0.2) is 4.39 Å². The third-order valence-electron chi connectivity index (χ3n) is 5.30. The summed E-state index contributed by atoms with van der Waals surface area (Å²) in [4.78, 5) is 27.2. The number of hydrogen-bond donors (Lipinski definition) is 1. The van der Waals surface area contributed by atoms with E-state index in [-0.39, 0.29) is 17.7 Å². The van der Waals surface area contributed by atoms with E-state index in [1.807, 2.05) is 0 Å². The molecule has 1 atom stereocenters. The third-order valence-corrected chi connectivity index (χ3v) is 5.30. The van der Waals surface area contributed by atoms with Gasteiger partial charge in [0.2, 0.25) is 0 Å². The highest BCUT2D eigenvalue weighted by Gasteiger charge is 2.46. The summed E-state index contributed by atoms with van der Waals surface area (Å²) in [6.45, 7) is 1.62. The molecule has 1 aromatic heterocycles. The summed E-state index contributed by atoms with van der Waals surface area (Å²) in [5, 5.41) is 11.0. The van der Waals surface area contributed by atoms with Crippen LogP contribution < -0.4 is 4.74 Å². The zero-order valence-electron chi connectivity index (χ0n) is 17.0. The maximum atomic E-state index is 14.1. The van der Waals surface area contributed by atoms with Crippen LogP contribution in [0.5, 0.6) is 5.75 Å². The molecule has 0 saturated carbocycles. The molecule has 0 radical (unpaired) electrons. The number of rotatable bonds is 5. The lowest BCUT2D eigenvalue weighted by Gasteiger charge is -2.24. The number of carbonyl (C=O) groups is 2. The van der Waals surface area contributed by atoms with Crippen molar-refractivity contribution < 1.29 is 28.2 Å². The number of aliphatic hydroxyl groups is 1. The highest BCUT2D eigenvalue weighted by Crippen LogP contribution is 2.41. The van der Waals surface area contributed by atoms with Crippen LogP contribution in [0.15, 0.2) is 70.9 Å². The predicted molar refractivity (Wildman–Crippen MR) is 111 cm³/mol. The second kappa shape index (κ2) is 8.10. The molecule has 6 nitrogen and oxygen atoms in total. The van der Waals surface area contributed by atoms with Crippen LogP contribution in [0.25, 0.3) is 5.76 Å². The van der Waals surface area contributed by atoms with E-state index in [1.54, 1.807) is 43.3 Å². The first-order chi connectivity index (χ1) is 14.9. The zero-order valence-corrected chi connectivity index (χ0v) is 17.0. The quantitative estimate of drug-likeness (QED) is 0.376. The van der Waals surface area contributed by atoms with Gasteiger partial charge in [-0.05, 0) is 48.4 Å². The first-order valence-electron chi connectivity index (χ1n) is 9.62. The monoisotopic (exact) mass is 421 g/mol. The first-order valence-corrected chi connectivity index (χ1v) is 9.62. The topological polar surface area (TPSA) is 80.0 Å². The molecule has 2 aromatic carbocycles. The minimum atomic E-state index is -0.899. The lowest BCUT2D eigenvalue weighted by molar-refractivity contribution is -0.140. The van der Waals surface area contributed by atoms with Gasteiger partial charge in [-0.1, -0.05) is 24.3 Å². The highest BCUT2D eigenvalue weighted by atomic mass is 19.1. The van der Waals surface area contributed by atoms with Crippen molar-refractivity contribution in [1.82, 2.24) is 4.90 Å². The van der Waals surface area contributed by atoms with Crippen LogP contribution in [-0.2, 0) is 16.1 Å². The maximum Gasteiger partial charge on any atom is 0.296 e. The number of aliphatic hydroxyl groups excluding tert-OH is 1. The minimum absolute atomic E-state index is 0.0263. The van der Waals surface area contributed by atoms with Gasteiger partial charge in [-0.2, -0.15) is 0 Å². The van der Waals surface area contributed by atoms with E-state index in [1.165, 1.54) is 30.4 Å². The minimum Gasteiger partial charge on any atom is -0.507 e. The molecule has 1 fully saturated rings. The SMILES string of the molecule is COc1cccc(C2/C(=C(/O)c3ccc(C)c(F)c3)C(=O)C(=O)N2Cc2ccco2)c1. The van der Waals surface area contributed by atoms with Crippen molar-refractivity contribution in [3.05, 3.63) is 94.7 Å². The van der Waals surface area contributed by atoms with E-state index < -0.39 is 29.3 Å². The average molecular weight is 421 g/mol. The number of amides is 1. The molecule has 3 aromatic rings. The number of benzene rings is 2. The van der Waals surface area contributed by atoms with Crippen molar-refractivity contribution in [2.24, 2.45) is 0 Å². The molecule has 31 heavy (non-hydrogen) atoms. The fourth-order valence-electron chi connectivity index (χ4n) is 3.67. The van der Waals surface area contributed by atoms with E-state index in [0.717, 1.165) is 6.07 Å². The van der Waals surface area contributed by atoms with Gasteiger partial charge >= 0.3 is 0 Å². The summed E-state index contributed by atoms with van der Waals surface area (Å²) in [7, 11) is 1.51. The van der Waals surface area contributed by atoms with Crippen molar-refractivity contribution in [1.29, 1.82) is 0 Å². The lowest BCUT2D eigenvalue weighted by atomic mass is 9.94. The molecule has 7 heteroatoms. The predicted octanol–water partition coefficient (Wildman–Crippen LogP) is 4.36. The van der Waals surface area contributed by atoms with Crippen LogP contribution in [0.3, 0.4) is 0 Å². The average Bonchev–Trinajstić information content (AvgIpc) is 3.37. The number of Topliss-reactive ketones (excluding diaryl/α,β-unsaturated/α-hetero) is 1. The van der Waals surface area contributed by atoms with Crippen LogP contribution >= 0.6 is 0 Å². The van der Waals surface area contributed by atoms with Gasteiger partial charge in [0.25, 0.3) is 11.7 Å². The van der Waals surface area contributed by atoms with E-state index in [0.29, 0.717) is 22.6 Å². The molecule has 1 aliphatic heterocycles. The fourth-order valence-corrected chi connectivity index (χ4v) is 3.67. The standard InChI is InChI=1S/C24H20FNO5/c1-14-8-9-16(12-19(14)25)22(27)20-21(15-5-3-6-17(11-15)30-2)26(24(29)23(20)28)13-18-7-4-10-31-18/h3-12,21,27H,13H2,1-2H3/b22-20-. The Morgan fingerprint density at radius 1 is 1.16 bits per heavy atom. The number of carbonyl (C=O) groups excluding carboxylic acids is 2. The smallest absolute Gasteiger partial charge is 0.296 e. The van der Waals surface area contributed by atoms with Gasteiger partial charge in [-0.15, -0.1) is 0 Å². The lowest BCUT2D eigenvalue weighted by Crippen LogP contribution is -2.29. The Morgan fingerprint density at radius 2 is 1.97 bits per heavy atom. The summed E-state index contributed by atoms with van der Waals surface area (Å²) in [5.41, 5.74) is 0.971. The Labute approximate surface area is 178 Å². The summed E-state index contributed by atoms with van der Waals surface area (Å²) in [6.07, 6.45) is 1.47. The Kier molecular flexibility index (Phi) is 5.33. The van der Waals surface area contributed by atoms with Crippen LogP contribution in [0, 0.1) is 12.7 Å². The molecule has 4 rings (SSSR count). The molecule has 0 spiro atoms. The summed E-state index contributed by atoms with van der Waals surface area (Å²) >= 11 is 0. The fraction of sp³-hybridized carbons (Fsp3) is 0.167. The molecule has 2 heterocycles. The number of nitrogens with zero attached hydrogens (tertiary/aromatic N) is 1. The number of hydrogen-bond acceptors (Lipinski definition) is 5. The number of furan rings is 1. The molecule has 1 amide bonds. The second-order valence-corrected chi connectivity index (χ2v) is 7.25.